The minimum Gasteiger partial charge on any atom is -0.493 e. The smallest absolute Gasteiger partial charge is 0.258 e. The van der Waals surface area contributed by atoms with Crippen molar-refractivity contribution < 1.29 is 14.3 Å². The van der Waals surface area contributed by atoms with Crippen LogP contribution in [0.2, 0.25) is 0 Å². The number of carbonyl (C=O) groups is 1. The molecule has 8 heteroatoms. The Kier molecular flexibility index (Phi) is 9.43. The average Bonchev–Trinajstić information content (AvgIpc) is 2.83. The zero-order valence-corrected chi connectivity index (χ0v) is 19.1. The van der Waals surface area contributed by atoms with Gasteiger partial charge in [-0.25, -0.2) is 0 Å². The predicted octanol–water partition coefficient (Wildman–Crippen LogP) is 4.10. The van der Waals surface area contributed by atoms with E-state index in [1.54, 1.807) is 25.5 Å². The molecule has 1 fully saturated rings. The number of nitrogens with zero attached hydrogens (tertiary/aromatic N) is 2. The Hall–Kier alpha value is -3.00. The maximum Gasteiger partial charge on any atom is 0.258 e. The fourth-order valence-electron chi connectivity index (χ4n) is 3.46. The number of amidine groups is 1. The summed E-state index contributed by atoms with van der Waals surface area (Å²) in [6.45, 7) is -0.0419. The molecule has 0 heterocycles. The summed E-state index contributed by atoms with van der Waals surface area (Å²) in [5.74, 6) is 1.65. The summed E-state index contributed by atoms with van der Waals surface area (Å²) in [5, 5.41) is 11.5. The average molecular weight is 455 g/mol. The van der Waals surface area contributed by atoms with E-state index in [1.165, 1.54) is 36.6 Å². The van der Waals surface area contributed by atoms with Gasteiger partial charge >= 0.3 is 0 Å². The lowest BCUT2D eigenvalue weighted by molar-refractivity contribution is -0.124. The number of amides is 1. The molecular weight excluding hydrogens is 424 g/mol. The number of thioether (sulfide) groups is 1. The van der Waals surface area contributed by atoms with Crippen molar-refractivity contribution >= 4 is 29.1 Å². The molecule has 1 aliphatic carbocycles. The van der Waals surface area contributed by atoms with Crippen molar-refractivity contribution in [1.29, 1.82) is 0 Å². The van der Waals surface area contributed by atoms with Crippen LogP contribution >= 0.6 is 11.8 Å². The molecule has 7 nitrogen and oxygen atoms in total. The number of nitrogens with one attached hydrogen (secondary N) is 1. The second-order valence-electron chi connectivity index (χ2n) is 7.56. The van der Waals surface area contributed by atoms with Gasteiger partial charge in [-0.3, -0.25) is 4.79 Å². The first-order valence-corrected chi connectivity index (χ1v) is 11.8. The maximum atomic E-state index is 12.2. The topological polar surface area (TPSA) is 98.3 Å². The molecule has 1 saturated carbocycles. The highest BCUT2D eigenvalue weighted by Crippen LogP contribution is 2.27. The Bertz CT molecular complexity index is 928. The number of rotatable bonds is 9. The second-order valence-corrected chi connectivity index (χ2v) is 8.55. The van der Waals surface area contributed by atoms with E-state index >= 15 is 0 Å². The zero-order chi connectivity index (χ0) is 22.6. The normalized spacial score (nSPS) is 15.0. The highest BCUT2D eigenvalue weighted by molar-refractivity contribution is 8.13. The first kappa shape index (κ1) is 23.7. The van der Waals surface area contributed by atoms with E-state index < -0.39 is 0 Å². The first-order chi connectivity index (χ1) is 15.6. The van der Waals surface area contributed by atoms with E-state index in [4.69, 9.17) is 15.2 Å². The summed E-state index contributed by atoms with van der Waals surface area (Å²) < 4.78 is 11.1. The summed E-state index contributed by atoms with van der Waals surface area (Å²) in [7, 11) is 1.56. The van der Waals surface area contributed by atoms with Crippen LogP contribution in [0.25, 0.3) is 0 Å². The van der Waals surface area contributed by atoms with Gasteiger partial charge in [0.15, 0.2) is 23.3 Å². The summed E-state index contributed by atoms with van der Waals surface area (Å²) in [6.07, 6.45) is 7.27. The van der Waals surface area contributed by atoms with Crippen molar-refractivity contribution in [2.75, 3.05) is 13.7 Å². The molecule has 3 N–H and O–H groups in total. The van der Waals surface area contributed by atoms with Crippen LogP contribution in [-0.2, 0) is 10.5 Å². The van der Waals surface area contributed by atoms with E-state index in [0.717, 1.165) is 24.2 Å². The van der Waals surface area contributed by atoms with Crippen molar-refractivity contribution in [3.05, 3.63) is 59.7 Å². The summed E-state index contributed by atoms with van der Waals surface area (Å²) >= 11 is 1.43. The Balaban J connectivity index is 1.49. The van der Waals surface area contributed by atoms with Crippen LogP contribution in [0.4, 0.5) is 0 Å². The molecule has 1 aliphatic rings. The van der Waals surface area contributed by atoms with Crippen LogP contribution in [-0.4, -0.2) is 37.0 Å². The van der Waals surface area contributed by atoms with Gasteiger partial charge < -0.3 is 20.5 Å². The van der Waals surface area contributed by atoms with E-state index in [9.17, 15) is 4.79 Å². The summed E-state index contributed by atoms with van der Waals surface area (Å²) in [6, 6.07) is 15.7. The third-order valence-electron chi connectivity index (χ3n) is 5.11. The lowest BCUT2D eigenvalue weighted by Crippen LogP contribution is -2.39. The van der Waals surface area contributed by atoms with E-state index in [2.05, 4.69) is 15.5 Å². The van der Waals surface area contributed by atoms with Crippen LogP contribution in [0.1, 0.15) is 43.2 Å². The molecule has 0 bridgehead atoms. The molecule has 2 aromatic rings. The van der Waals surface area contributed by atoms with Gasteiger partial charge in [0.05, 0.1) is 13.3 Å². The molecule has 32 heavy (non-hydrogen) atoms. The first-order valence-electron chi connectivity index (χ1n) is 10.8. The Morgan fingerprint density at radius 2 is 1.94 bits per heavy atom. The predicted molar refractivity (Wildman–Crippen MR) is 130 cm³/mol. The molecule has 0 aliphatic heterocycles. The van der Waals surface area contributed by atoms with Crippen LogP contribution < -0.4 is 20.5 Å². The molecule has 0 unspecified atom stereocenters. The van der Waals surface area contributed by atoms with Gasteiger partial charge in [0.1, 0.15) is 0 Å². The fourth-order valence-corrected chi connectivity index (χ4v) is 4.07. The third kappa shape index (κ3) is 7.92. The second kappa shape index (κ2) is 12.8. The van der Waals surface area contributed by atoms with E-state index in [-0.39, 0.29) is 18.6 Å². The van der Waals surface area contributed by atoms with Crippen molar-refractivity contribution in [3.8, 4) is 11.5 Å². The number of methoxy groups -OCH3 is 1. The molecule has 0 saturated heterocycles. The van der Waals surface area contributed by atoms with Gasteiger partial charge in [0, 0.05) is 11.8 Å². The van der Waals surface area contributed by atoms with Crippen LogP contribution in [0, 0.1) is 0 Å². The summed E-state index contributed by atoms with van der Waals surface area (Å²) in [4.78, 5) is 12.2. The fraction of sp³-hybridized carbons (Fsp3) is 0.375. The maximum absolute atomic E-state index is 12.2. The minimum atomic E-state index is -0.109. The highest BCUT2D eigenvalue weighted by Gasteiger charge is 2.16. The number of ether oxygens (including phenoxy) is 2. The number of hydrogen-bond acceptors (Lipinski definition) is 6. The van der Waals surface area contributed by atoms with Crippen LogP contribution in [0.5, 0.6) is 11.5 Å². The highest BCUT2D eigenvalue weighted by atomic mass is 32.2. The van der Waals surface area contributed by atoms with Crippen LogP contribution in [0.3, 0.4) is 0 Å². The molecule has 0 radical (unpaired) electrons. The quantitative estimate of drug-likeness (QED) is 0.338. The van der Waals surface area contributed by atoms with Gasteiger partial charge in [-0.15, -0.1) is 5.10 Å². The summed E-state index contributed by atoms with van der Waals surface area (Å²) in [5.41, 5.74) is 7.87. The van der Waals surface area contributed by atoms with Crippen molar-refractivity contribution in [3.63, 3.8) is 0 Å². The largest absolute Gasteiger partial charge is 0.493 e. The van der Waals surface area contributed by atoms with Gasteiger partial charge in [-0.1, -0.05) is 61.4 Å². The molecule has 1 amide bonds. The van der Waals surface area contributed by atoms with Crippen molar-refractivity contribution in [2.24, 2.45) is 15.9 Å². The Morgan fingerprint density at radius 1 is 1.16 bits per heavy atom. The molecule has 170 valence electrons. The Labute approximate surface area is 193 Å². The van der Waals surface area contributed by atoms with Gasteiger partial charge in [0.25, 0.3) is 5.91 Å². The van der Waals surface area contributed by atoms with Gasteiger partial charge in [-0.05, 0) is 42.2 Å². The van der Waals surface area contributed by atoms with Crippen molar-refractivity contribution in [2.45, 2.75) is 43.9 Å². The molecule has 0 atom stereocenters. The molecule has 0 spiro atoms. The number of carbonyl (C=O) groups excluding carboxylic acids is 1. The number of hydrogen-bond donors (Lipinski definition) is 2. The zero-order valence-electron chi connectivity index (χ0n) is 18.3. The van der Waals surface area contributed by atoms with E-state index in [1.807, 2.05) is 36.4 Å². The Morgan fingerprint density at radius 3 is 2.69 bits per heavy atom. The minimum absolute atomic E-state index is 0.0419. The van der Waals surface area contributed by atoms with Crippen molar-refractivity contribution in [1.82, 2.24) is 5.32 Å². The molecule has 0 aromatic heterocycles. The molecular formula is C24H30N4O3S. The van der Waals surface area contributed by atoms with Crippen LogP contribution in [0.15, 0.2) is 58.7 Å². The number of nitrogens with two attached hydrogens (primary N) is 1. The monoisotopic (exact) mass is 454 g/mol. The molecule has 2 aromatic carbocycles. The van der Waals surface area contributed by atoms with Gasteiger partial charge in [0.2, 0.25) is 0 Å². The SMILES string of the molecule is COc1cc(C=NN=C(N)SCc2ccccc2)ccc1OCC(=O)NC1CCCCC1. The third-order valence-corrected chi connectivity index (χ3v) is 5.96. The lowest BCUT2D eigenvalue weighted by atomic mass is 9.95. The van der Waals surface area contributed by atoms with Gasteiger partial charge in [-0.2, -0.15) is 5.10 Å². The lowest BCUT2D eigenvalue weighted by Gasteiger charge is -2.22. The standard InChI is InChI=1S/C24H30N4O3S/c1-30-22-14-19(15-26-28-24(25)32-17-18-8-4-2-5-9-18)12-13-21(22)31-16-23(29)27-20-10-6-3-7-11-20/h2,4-5,8-9,12-15,20H,3,6-7,10-11,16-17H2,1H3,(H2,25,28)(H,27,29). The number of benzene rings is 2. The molecule has 3 rings (SSSR count). The van der Waals surface area contributed by atoms with E-state index in [0.29, 0.717) is 16.7 Å².